The molecule has 0 aliphatic carbocycles. The van der Waals surface area contributed by atoms with Crippen LogP contribution >= 0.6 is 22.7 Å². The van der Waals surface area contributed by atoms with E-state index in [0.717, 1.165) is 183 Å². The lowest BCUT2D eigenvalue weighted by atomic mass is 9.92. The maximum absolute atomic E-state index is 6.35. The standard InChI is InChI=1S/C59H33N3O2S.C53H31N3OS/c1-2-12-36(13-3-1)57-46-32-45(58-56(44-17-7-11-21-54(44)65-58)55(46)43-16-4-8-18-47(43)60-57)34-22-24-35(25-23-34)48-33-49(37-26-28-41-39-14-5-9-19-50(39)63-52(41)30-37)62-59(61-48)38-27-29-42-40-15-6-10-20-51(40)64-53(42)31-38;1-3-13-34(14-4-1)51-42-30-41(52-50(40-19-9-12-22-48(40)58-52)49(42)39-18-7-10-20-43(39)54-51)32-23-25-33(26-24-32)44-31-45(56-53(55-44)35-15-5-2-6-16-35)36-27-28-38-37-17-8-11-21-46(37)57-47(38)29-36/h1-33H;1-31H. The minimum absolute atomic E-state index is 0.614. The summed E-state index contributed by atoms with van der Waals surface area (Å²) in [5, 5.41) is 18.7. The second-order valence-corrected chi connectivity index (χ2v) is 33.5. The van der Waals surface area contributed by atoms with Crippen molar-refractivity contribution in [2.75, 3.05) is 0 Å². The molecule has 0 unspecified atom stereocenters. The molecule has 17 aromatic carbocycles. The largest absolute Gasteiger partial charge is 0.456 e. The van der Waals surface area contributed by atoms with Gasteiger partial charge in [0.2, 0.25) is 0 Å². The molecule has 0 N–H and O–H groups in total. The third kappa shape index (κ3) is 11.8. The third-order valence-corrected chi connectivity index (χ3v) is 26.6. The fourth-order valence-corrected chi connectivity index (χ4v) is 20.8. The van der Waals surface area contributed by atoms with Gasteiger partial charge in [0.05, 0.1) is 45.2 Å². The summed E-state index contributed by atoms with van der Waals surface area (Å²) < 4.78 is 24.0. The number of rotatable bonds is 10. The molecule has 572 valence electrons. The van der Waals surface area contributed by atoms with E-state index in [0.29, 0.717) is 11.6 Å². The Bertz CT molecular complexity index is 8690. The van der Waals surface area contributed by atoms with Crippen molar-refractivity contribution < 1.29 is 13.3 Å². The van der Waals surface area contributed by atoms with Crippen molar-refractivity contribution in [3.63, 3.8) is 0 Å². The number of hydrogen-bond donors (Lipinski definition) is 0. The van der Waals surface area contributed by atoms with Crippen molar-refractivity contribution >= 4 is 172 Å². The van der Waals surface area contributed by atoms with Gasteiger partial charge in [-0.25, -0.2) is 29.9 Å². The Hall–Kier alpha value is -15.9. The van der Waals surface area contributed by atoms with Gasteiger partial charge in [0.25, 0.3) is 0 Å². The van der Waals surface area contributed by atoms with Crippen LogP contribution < -0.4 is 0 Å². The molecule has 0 saturated carbocycles. The molecule has 0 amide bonds. The molecule has 0 spiro atoms. The van der Waals surface area contributed by atoms with Gasteiger partial charge in [0.15, 0.2) is 11.6 Å². The highest BCUT2D eigenvalue weighted by Crippen LogP contribution is 2.51. The van der Waals surface area contributed by atoms with E-state index in [2.05, 4.69) is 315 Å². The highest BCUT2D eigenvalue weighted by atomic mass is 32.1. The molecule has 0 fully saturated rings. The normalized spacial score (nSPS) is 11.9. The fourth-order valence-electron chi connectivity index (χ4n) is 18.3. The minimum atomic E-state index is 0.614. The summed E-state index contributed by atoms with van der Waals surface area (Å²) in [5.74, 6) is 1.29. The lowest BCUT2D eigenvalue weighted by Gasteiger charge is -2.15. The van der Waals surface area contributed by atoms with E-state index in [4.69, 9.17) is 43.2 Å². The Morgan fingerprint density at radius 1 is 0.179 bits per heavy atom. The van der Waals surface area contributed by atoms with E-state index in [1.807, 2.05) is 95.5 Å². The molecule has 123 heavy (non-hydrogen) atoms. The molecule has 0 aliphatic heterocycles. The van der Waals surface area contributed by atoms with E-state index >= 15 is 0 Å². The predicted octanol–water partition coefficient (Wildman–Crippen LogP) is 31.5. The summed E-state index contributed by atoms with van der Waals surface area (Å²) in [7, 11) is 0. The number of aromatic nitrogens is 6. The molecule has 0 saturated heterocycles. The molecular weight excluding hydrogens is 1540 g/mol. The van der Waals surface area contributed by atoms with E-state index in [-0.39, 0.29) is 0 Å². The molecule has 9 nitrogen and oxygen atoms in total. The lowest BCUT2D eigenvalue weighted by Crippen LogP contribution is -1.96. The number of pyridine rings is 2. The van der Waals surface area contributed by atoms with Crippen molar-refractivity contribution in [2.24, 2.45) is 0 Å². The van der Waals surface area contributed by atoms with E-state index in [1.165, 1.54) is 67.6 Å². The molecular formula is C112H64N6O3S2. The Morgan fingerprint density at radius 3 is 0.894 bits per heavy atom. The molecule has 9 heterocycles. The third-order valence-electron chi connectivity index (χ3n) is 24.2. The van der Waals surface area contributed by atoms with Crippen LogP contribution in [0.4, 0.5) is 0 Å². The number of benzene rings is 17. The van der Waals surface area contributed by atoms with Crippen LogP contribution in [0.2, 0.25) is 0 Å². The van der Waals surface area contributed by atoms with Gasteiger partial charge in [-0.05, 0) is 114 Å². The first-order valence-corrected chi connectivity index (χ1v) is 42.8. The molecule has 26 aromatic rings. The quantitative estimate of drug-likeness (QED) is 0.123. The Morgan fingerprint density at radius 2 is 0.480 bits per heavy atom. The van der Waals surface area contributed by atoms with Gasteiger partial charge in [-0.2, -0.15) is 0 Å². The van der Waals surface area contributed by atoms with Crippen molar-refractivity contribution in [1.29, 1.82) is 0 Å². The first kappa shape index (κ1) is 70.1. The van der Waals surface area contributed by atoms with E-state index < -0.39 is 0 Å². The smallest absolute Gasteiger partial charge is 0.160 e. The van der Waals surface area contributed by atoms with Crippen molar-refractivity contribution in [3.05, 3.63) is 388 Å². The zero-order valence-electron chi connectivity index (χ0n) is 65.7. The zero-order chi connectivity index (χ0) is 80.7. The van der Waals surface area contributed by atoms with Crippen LogP contribution in [0.5, 0.6) is 0 Å². The molecule has 0 atom stereocenters. The fraction of sp³-hybridized carbons (Fsp3) is 0. The van der Waals surface area contributed by atoms with Gasteiger partial charge >= 0.3 is 0 Å². The van der Waals surface area contributed by atoms with Crippen molar-refractivity contribution in [1.82, 2.24) is 29.9 Å². The summed E-state index contributed by atoms with van der Waals surface area (Å²) in [5.41, 5.74) is 24.9. The lowest BCUT2D eigenvalue weighted by molar-refractivity contribution is 0.668. The van der Waals surface area contributed by atoms with Gasteiger partial charge in [0, 0.05) is 161 Å². The summed E-state index contributed by atoms with van der Waals surface area (Å²) in [6, 6.07) is 136. The zero-order valence-corrected chi connectivity index (χ0v) is 67.3. The average Bonchev–Trinajstić information content (AvgIpc) is 1.63. The van der Waals surface area contributed by atoms with E-state index in [9.17, 15) is 0 Å². The molecule has 0 radical (unpaired) electrons. The Balaban J connectivity index is 0.000000136. The van der Waals surface area contributed by atoms with Crippen LogP contribution in [-0.4, -0.2) is 29.9 Å². The maximum atomic E-state index is 6.35. The first-order valence-electron chi connectivity index (χ1n) is 41.2. The van der Waals surface area contributed by atoms with Gasteiger partial charge in [-0.15, -0.1) is 22.7 Å². The van der Waals surface area contributed by atoms with E-state index in [1.54, 1.807) is 0 Å². The predicted molar refractivity (Wildman–Crippen MR) is 512 cm³/mol. The number of para-hydroxylation sites is 5. The van der Waals surface area contributed by atoms with Gasteiger partial charge in [0.1, 0.15) is 33.5 Å². The number of thiophene rings is 2. The average molecular weight is 1610 g/mol. The van der Waals surface area contributed by atoms with Crippen LogP contribution in [0, 0.1) is 0 Å². The number of nitrogens with zero attached hydrogens (tertiary/aromatic N) is 6. The molecule has 0 aliphatic rings. The molecule has 9 aromatic heterocycles. The topological polar surface area (TPSA) is 117 Å². The Kier molecular flexibility index (Phi) is 16.2. The summed E-state index contributed by atoms with van der Waals surface area (Å²) in [6.07, 6.45) is 0. The summed E-state index contributed by atoms with van der Waals surface area (Å²) in [4.78, 5) is 31.4. The molecule has 11 heteroatoms. The van der Waals surface area contributed by atoms with Crippen LogP contribution in [0.25, 0.3) is 262 Å². The van der Waals surface area contributed by atoms with Crippen LogP contribution in [-0.2, 0) is 0 Å². The van der Waals surface area contributed by atoms with Gasteiger partial charge in [-0.1, -0.05) is 285 Å². The summed E-state index contributed by atoms with van der Waals surface area (Å²) in [6.45, 7) is 0. The van der Waals surface area contributed by atoms with Crippen molar-refractivity contribution in [3.8, 4) is 113 Å². The van der Waals surface area contributed by atoms with Gasteiger partial charge < -0.3 is 13.3 Å². The molecule has 26 rings (SSSR count). The van der Waals surface area contributed by atoms with Crippen LogP contribution in [0.3, 0.4) is 0 Å². The minimum Gasteiger partial charge on any atom is -0.456 e. The van der Waals surface area contributed by atoms with Crippen LogP contribution in [0.15, 0.2) is 401 Å². The first-order chi connectivity index (χ1) is 60.9. The van der Waals surface area contributed by atoms with Crippen LogP contribution in [0.1, 0.15) is 0 Å². The highest BCUT2D eigenvalue weighted by Gasteiger charge is 2.25. The number of furan rings is 3. The van der Waals surface area contributed by atoms with Crippen molar-refractivity contribution in [2.45, 2.75) is 0 Å². The SMILES string of the molecule is c1ccc(-c2nc(-c3ccc(-c4cc5c(-c6ccccc6)nc6ccccc6c5c5c4sc4ccccc45)cc3)cc(-c3ccc4c(c3)oc3ccccc34)n2)cc1.c1ccc(-c2nc3ccccc3c3c2cc(-c2ccc(-c4cc(-c5ccc6c(c5)oc5ccccc56)nc(-c5ccc6c(c5)oc5ccccc56)n4)cc2)c2sc4ccccc4c23)cc1. The monoisotopic (exact) mass is 1600 g/mol. The number of fused-ring (bicyclic) bond motifs is 23. The summed E-state index contributed by atoms with van der Waals surface area (Å²) >= 11 is 3.72. The number of hydrogen-bond acceptors (Lipinski definition) is 11. The van der Waals surface area contributed by atoms with Gasteiger partial charge in [-0.3, -0.25) is 0 Å². The highest BCUT2D eigenvalue weighted by molar-refractivity contribution is 7.27. The second kappa shape index (κ2) is 28.4. The second-order valence-electron chi connectivity index (χ2n) is 31.4. The Labute approximate surface area is 711 Å². The molecule has 0 bridgehead atoms. The maximum Gasteiger partial charge on any atom is 0.160 e.